The molecule has 0 radical (unpaired) electrons. The maximum Gasteiger partial charge on any atom is 0.286 e. The molecule has 5 heteroatoms. The topological polar surface area (TPSA) is 67.8 Å². The summed E-state index contributed by atoms with van der Waals surface area (Å²) in [5.74, 6) is 1.44. The molecule has 0 aromatic heterocycles. The van der Waals surface area contributed by atoms with Gasteiger partial charge in [-0.25, -0.2) is 0 Å². The van der Waals surface area contributed by atoms with E-state index in [1.807, 2.05) is 6.08 Å². The Hall–Kier alpha value is -1.07. The zero-order valence-electron chi connectivity index (χ0n) is 14.5. The van der Waals surface area contributed by atoms with Crippen LogP contribution >= 0.6 is 0 Å². The predicted octanol–water partition coefficient (Wildman–Crippen LogP) is 2.88. The summed E-state index contributed by atoms with van der Waals surface area (Å²) in [6.45, 7) is 0.759. The molecule has 0 saturated heterocycles. The van der Waals surface area contributed by atoms with Gasteiger partial charge in [0.1, 0.15) is 0 Å². The molecule has 2 saturated carbocycles. The normalized spacial score (nSPS) is 28.1. The second kappa shape index (κ2) is 8.86. The highest BCUT2D eigenvalue weighted by Crippen LogP contribution is 2.40. The lowest BCUT2D eigenvalue weighted by molar-refractivity contribution is -0.152. The Balaban J connectivity index is 1.56. The van der Waals surface area contributed by atoms with Crippen molar-refractivity contribution in [2.45, 2.75) is 76.5 Å². The van der Waals surface area contributed by atoms with Gasteiger partial charge in [0.15, 0.2) is 5.76 Å². The molecule has 2 atom stereocenters. The number of nitrogens with one attached hydrogen (secondary N) is 1. The second-order valence-corrected chi connectivity index (χ2v) is 7.43. The molecule has 2 aliphatic carbocycles. The SMILES string of the molecule is O=C(NC1CCCC1)C1=C[C@@H](C2CCC2)C[C@@H](OCCCCO)O1. The minimum atomic E-state index is -0.330. The molecule has 2 N–H and O–H groups in total. The summed E-state index contributed by atoms with van der Waals surface area (Å²) in [4.78, 5) is 12.6. The zero-order valence-corrected chi connectivity index (χ0v) is 14.5. The van der Waals surface area contributed by atoms with Crippen LogP contribution in [0, 0.1) is 11.8 Å². The van der Waals surface area contributed by atoms with Crippen LogP contribution in [0.5, 0.6) is 0 Å². The van der Waals surface area contributed by atoms with E-state index < -0.39 is 0 Å². The standard InChI is InChI=1S/C19H31NO4/c21-10-3-4-11-23-18-13-15(14-6-5-7-14)12-17(24-18)19(22)20-16-8-1-2-9-16/h12,14-16,18,21H,1-11,13H2,(H,20,22)/t15-,18+/m1/s1. The van der Waals surface area contributed by atoms with Crippen LogP contribution in [0.2, 0.25) is 0 Å². The van der Waals surface area contributed by atoms with E-state index in [0.717, 1.165) is 32.1 Å². The Morgan fingerprint density at radius 3 is 2.67 bits per heavy atom. The molecule has 1 heterocycles. The number of ether oxygens (including phenoxy) is 2. The number of rotatable bonds is 8. The smallest absolute Gasteiger partial charge is 0.286 e. The van der Waals surface area contributed by atoms with Crippen molar-refractivity contribution in [1.82, 2.24) is 5.32 Å². The van der Waals surface area contributed by atoms with Gasteiger partial charge in [-0.15, -0.1) is 0 Å². The number of unbranched alkanes of at least 4 members (excludes halogenated alkanes) is 1. The molecule has 0 aromatic rings. The van der Waals surface area contributed by atoms with Crippen molar-refractivity contribution in [2.75, 3.05) is 13.2 Å². The van der Waals surface area contributed by atoms with E-state index in [1.54, 1.807) is 0 Å². The largest absolute Gasteiger partial charge is 0.459 e. The first-order chi connectivity index (χ1) is 11.8. The number of hydrogen-bond acceptors (Lipinski definition) is 4. The van der Waals surface area contributed by atoms with Gasteiger partial charge in [-0.3, -0.25) is 4.79 Å². The zero-order chi connectivity index (χ0) is 16.8. The van der Waals surface area contributed by atoms with Crippen LogP contribution < -0.4 is 5.32 Å². The average Bonchev–Trinajstić information content (AvgIpc) is 3.03. The molecule has 0 spiro atoms. The Kier molecular flexibility index (Phi) is 6.55. The summed E-state index contributed by atoms with van der Waals surface area (Å²) in [5.41, 5.74) is 0. The quantitative estimate of drug-likeness (QED) is 0.668. The van der Waals surface area contributed by atoms with Crippen LogP contribution in [0.3, 0.4) is 0 Å². The summed E-state index contributed by atoms with van der Waals surface area (Å²) in [7, 11) is 0. The van der Waals surface area contributed by atoms with Crippen molar-refractivity contribution in [3.05, 3.63) is 11.8 Å². The molecule has 0 bridgehead atoms. The maximum absolute atomic E-state index is 12.6. The molecular weight excluding hydrogens is 306 g/mol. The molecule has 3 aliphatic rings. The minimum Gasteiger partial charge on any atom is -0.459 e. The van der Waals surface area contributed by atoms with E-state index in [-0.39, 0.29) is 18.8 Å². The fraction of sp³-hybridized carbons (Fsp3) is 0.842. The second-order valence-electron chi connectivity index (χ2n) is 7.43. The van der Waals surface area contributed by atoms with E-state index in [9.17, 15) is 4.79 Å². The molecule has 0 unspecified atom stereocenters. The first-order valence-corrected chi connectivity index (χ1v) is 9.68. The molecule has 1 amide bonds. The highest BCUT2D eigenvalue weighted by molar-refractivity contribution is 5.91. The average molecular weight is 337 g/mol. The van der Waals surface area contributed by atoms with Crippen LogP contribution in [0.25, 0.3) is 0 Å². The number of allylic oxidation sites excluding steroid dienone is 1. The van der Waals surface area contributed by atoms with Crippen molar-refractivity contribution in [1.29, 1.82) is 0 Å². The molecule has 5 nitrogen and oxygen atoms in total. The molecule has 2 fully saturated rings. The summed E-state index contributed by atoms with van der Waals surface area (Å²) in [6.07, 6.45) is 12.4. The van der Waals surface area contributed by atoms with E-state index in [4.69, 9.17) is 14.6 Å². The van der Waals surface area contributed by atoms with Gasteiger partial charge >= 0.3 is 0 Å². The first-order valence-electron chi connectivity index (χ1n) is 9.68. The third-order valence-electron chi connectivity index (χ3n) is 5.61. The van der Waals surface area contributed by atoms with Gasteiger partial charge in [-0.2, -0.15) is 0 Å². The van der Waals surface area contributed by atoms with E-state index >= 15 is 0 Å². The van der Waals surface area contributed by atoms with Gasteiger partial charge < -0.3 is 19.9 Å². The van der Waals surface area contributed by atoms with E-state index in [2.05, 4.69) is 5.32 Å². The summed E-state index contributed by atoms with van der Waals surface area (Å²) < 4.78 is 11.7. The molecule has 0 aromatic carbocycles. The summed E-state index contributed by atoms with van der Waals surface area (Å²) in [6, 6.07) is 0.301. The molecular formula is C19H31NO4. The Morgan fingerprint density at radius 1 is 1.21 bits per heavy atom. The van der Waals surface area contributed by atoms with Crippen molar-refractivity contribution in [2.24, 2.45) is 11.8 Å². The molecule has 1 aliphatic heterocycles. The Labute approximate surface area is 144 Å². The summed E-state index contributed by atoms with van der Waals surface area (Å²) in [5, 5.41) is 12.0. The first kappa shape index (κ1) is 17.7. The lowest BCUT2D eigenvalue weighted by atomic mass is 9.73. The minimum absolute atomic E-state index is 0.0742. The highest BCUT2D eigenvalue weighted by atomic mass is 16.7. The van der Waals surface area contributed by atoms with Gasteiger partial charge in [0, 0.05) is 19.1 Å². The number of carbonyl (C=O) groups excluding carboxylic acids is 1. The number of amides is 1. The third-order valence-corrected chi connectivity index (χ3v) is 5.61. The van der Waals surface area contributed by atoms with Crippen molar-refractivity contribution in [3.8, 4) is 0 Å². The van der Waals surface area contributed by atoms with Gasteiger partial charge in [-0.1, -0.05) is 19.3 Å². The van der Waals surface area contributed by atoms with Crippen LogP contribution in [0.1, 0.15) is 64.2 Å². The van der Waals surface area contributed by atoms with Crippen LogP contribution in [0.4, 0.5) is 0 Å². The fourth-order valence-electron chi connectivity index (χ4n) is 3.90. The maximum atomic E-state index is 12.6. The Bertz CT molecular complexity index is 441. The summed E-state index contributed by atoms with van der Waals surface area (Å²) >= 11 is 0. The van der Waals surface area contributed by atoms with E-state index in [0.29, 0.717) is 30.2 Å². The van der Waals surface area contributed by atoms with Gasteiger partial charge in [0.25, 0.3) is 5.91 Å². The lowest BCUT2D eigenvalue weighted by Crippen LogP contribution is -2.39. The number of aliphatic hydroxyl groups excluding tert-OH is 1. The van der Waals surface area contributed by atoms with Crippen LogP contribution in [-0.4, -0.2) is 36.6 Å². The highest BCUT2D eigenvalue weighted by Gasteiger charge is 2.35. The van der Waals surface area contributed by atoms with Gasteiger partial charge in [0.2, 0.25) is 6.29 Å². The van der Waals surface area contributed by atoms with Crippen LogP contribution in [-0.2, 0) is 14.3 Å². The molecule has 136 valence electrons. The van der Waals surface area contributed by atoms with E-state index in [1.165, 1.54) is 32.1 Å². The monoisotopic (exact) mass is 337 g/mol. The number of aliphatic hydroxyl groups is 1. The molecule has 3 rings (SSSR count). The van der Waals surface area contributed by atoms with Crippen molar-refractivity contribution < 1.29 is 19.4 Å². The van der Waals surface area contributed by atoms with Gasteiger partial charge in [0.05, 0.1) is 6.61 Å². The van der Waals surface area contributed by atoms with Gasteiger partial charge in [-0.05, 0) is 56.4 Å². The lowest BCUT2D eigenvalue weighted by Gasteiger charge is -2.37. The fourth-order valence-corrected chi connectivity index (χ4v) is 3.90. The van der Waals surface area contributed by atoms with Crippen molar-refractivity contribution in [3.63, 3.8) is 0 Å². The predicted molar refractivity (Wildman–Crippen MR) is 91.1 cm³/mol. The number of hydrogen-bond donors (Lipinski definition) is 2. The Morgan fingerprint density at radius 2 is 2.00 bits per heavy atom. The third kappa shape index (κ3) is 4.73. The van der Waals surface area contributed by atoms with Crippen LogP contribution in [0.15, 0.2) is 11.8 Å². The molecule has 24 heavy (non-hydrogen) atoms. The van der Waals surface area contributed by atoms with Crippen molar-refractivity contribution >= 4 is 5.91 Å². The number of carbonyl (C=O) groups is 1.